The number of halogens is 1. The van der Waals surface area contributed by atoms with E-state index in [2.05, 4.69) is 5.32 Å². The molecule has 0 aliphatic heterocycles. The average Bonchev–Trinajstić information content (AvgIpc) is 2.27. The number of nitrogens with one attached hydrogen (secondary N) is 1. The first kappa shape index (κ1) is 14.9. The predicted molar refractivity (Wildman–Crippen MR) is 69.0 cm³/mol. The molecule has 0 saturated heterocycles. The van der Waals surface area contributed by atoms with Gasteiger partial charge in [-0.15, -0.1) is 0 Å². The molecule has 0 fully saturated rings. The summed E-state index contributed by atoms with van der Waals surface area (Å²) in [5.74, 6) is -1.77. The lowest BCUT2D eigenvalue weighted by atomic mass is 10.2. The van der Waals surface area contributed by atoms with Gasteiger partial charge in [0.1, 0.15) is 12.4 Å². The Kier molecular flexibility index (Phi) is 5.29. The number of hydrogen-bond donors (Lipinski definition) is 2. The van der Waals surface area contributed by atoms with Crippen LogP contribution in [0.1, 0.15) is 30.6 Å². The van der Waals surface area contributed by atoms with E-state index >= 15 is 0 Å². The van der Waals surface area contributed by atoms with Crippen LogP contribution in [-0.4, -0.2) is 24.5 Å². The molecule has 0 heterocycles. The lowest BCUT2D eigenvalue weighted by molar-refractivity contribution is -0.122. The van der Waals surface area contributed by atoms with E-state index in [0.717, 1.165) is 6.07 Å². The molecule has 3 N–H and O–H groups in total. The monoisotopic (exact) mass is 268 g/mol. The number of amides is 1. The van der Waals surface area contributed by atoms with Crippen molar-refractivity contribution in [2.24, 2.45) is 0 Å². The van der Waals surface area contributed by atoms with E-state index in [1.54, 1.807) is 0 Å². The molecule has 0 aliphatic carbocycles. The van der Waals surface area contributed by atoms with E-state index in [9.17, 15) is 14.0 Å². The third-order valence-electron chi connectivity index (χ3n) is 2.22. The molecule has 0 spiro atoms. The van der Waals surface area contributed by atoms with Crippen LogP contribution >= 0.6 is 0 Å². The van der Waals surface area contributed by atoms with Crippen LogP contribution < -0.4 is 11.1 Å². The Bertz CT molecular complexity index is 475. The summed E-state index contributed by atoms with van der Waals surface area (Å²) in [6.45, 7) is 3.56. The molecule has 0 bridgehead atoms. The van der Waals surface area contributed by atoms with Crippen molar-refractivity contribution in [3.05, 3.63) is 29.6 Å². The Morgan fingerprint density at radius 1 is 1.42 bits per heavy atom. The molecule has 1 amide bonds. The zero-order valence-corrected chi connectivity index (χ0v) is 10.9. The SMILES string of the molecule is CC(C)NC(=O)CCOC(=O)c1ccc(N)cc1F. The summed E-state index contributed by atoms with van der Waals surface area (Å²) in [5.41, 5.74) is 5.40. The van der Waals surface area contributed by atoms with Gasteiger partial charge >= 0.3 is 5.97 Å². The Balaban J connectivity index is 2.45. The predicted octanol–water partition coefficient (Wildman–Crippen LogP) is 1.48. The average molecular weight is 268 g/mol. The number of esters is 1. The number of rotatable bonds is 5. The van der Waals surface area contributed by atoms with Crippen LogP contribution in [0.3, 0.4) is 0 Å². The van der Waals surface area contributed by atoms with Gasteiger partial charge in [0.25, 0.3) is 0 Å². The first-order valence-corrected chi connectivity index (χ1v) is 5.91. The quantitative estimate of drug-likeness (QED) is 0.626. The number of carbonyl (C=O) groups is 2. The molecule has 1 rings (SSSR count). The number of anilines is 1. The van der Waals surface area contributed by atoms with Crippen molar-refractivity contribution >= 4 is 17.6 Å². The zero-order chi connectivity index (χ0) is 14.4. The Labute approximate surface area is 110 Å². The van der Waals surface area contributed by atoms with Gasteiger partial charge in [-0.05, 0) is 32.0 Å². The van der Waals surface area contributed by atoms with Gasteiger partial charge in [-0.1, -0.05) is 0 Å². The molecule has 0 aliphatic rings. The highest BCUT2D eigenvalue weighted by Crippen LogP contribution is 2.12. The largest absolute Gasteiger partial charge is 0.461 e. The standard InChI is InChI=1S/C13H17FN2O3/c1-8(2)16-12(17)5-6-19-13(18)10-4-3-9(15)7-11(10)14/h3-4,7-8H,5-6,15H2,1-2H3,(H,16,17). The van der Waals surface area contributed by atoms with E-state index in [0.29, 0.717) is 0 Å². The second-order valence-electron chi connectivity index (χ2n) is 4.35. The van der Waals surface area contributed by atoms with Crippen LogP contribution in [0, 0.1) is 5.82 Å². The highest BCUT2D eigenvalue weighted by molar-refractivity contribution is 5.90. The first-order chi connectivity index (χ1) is 8.90. The molecule has 0 aromatic heterocycles. The topological polar surface area (TPSA) is 81.4 Å². The molecule has 1 aromatic rings. The molecule has 0 atom stereocenters. The minimum atomic E-state index is -0.810. The van der Waals surface area contributed by atoms with Gasteiger partial charge in [0.05, 0.1) is 12.0 Å². The lowest BCUT2D eigenvalue weighted by Crippen LogP contribution is -2.31. The van der Waals surface area contributed by atoms with Crippen molar-refractivity contribution in [2.45, 2.75) is 26.3 Å². The molecule has 0 unspecified atom stereocenters. The summed E-state index contributed by atoms with van der Waals surface area (Å²) < 4.78 is 18.2. The number of benzene rings is 1. The van der Waals surface area contributed by atoms with E-state index in [-0.39, 0.29) is 36.2 Å². The zero-order valence-electron chi connectivity index (χ0n) is 10.9. The number of carbonyl (C=O) groups excluding carboxylic acids is 2. The molecule has 5 nitrogen and oxygen atoms in total. The first-order valence-electron chi connectivity index (χ1n) is 5.91. The third kappa shape index (κ3) is 4.95. The second-order valence-corrected chi connectivity index (χ2v) is 4.35. The normalized spacial score (nSPS) is 10.3. The van der Waals surface area contributed by atoms with Crippen LogP contribution in [0.25, 0.3) is 0 Å². The summed E-state index contributed by atoms with van der Waals surface area (Å²) >= 11 is 0. The van der Waals surface area contributed by atoms with Crippen molar-refractivity contribution in [1.82, 2.24) is 5.32 Å². The molecule has 6 heteroatoms. The van der Waals surface area contributed by atoms with Gasteiger partial charge in [0.2, 0.25) is 5.91 Å². The maximum atomic E-state index is 13.4. The minimum Gasteiger partial charge on any atom is -0.461 e. The van der Waals surface area contributed by atoms with Gasteiger partial charge in [-0.25, -0.2) is 9.18 Å². The van der Waals surface area contributed by atoms with E-state index in [1.807, 2.05) is 13.8 Å². The van der Waals surface area contributed by atoms with Crippen molar-refractivity contribution in [1.29, 1.82) is 0 Å². The Morgan fingerprint density at radius 3 is 2.68 bits per heavy atom. The number of ether oxygens (including phenoxy) is 1. The van der Waals surface area contributed by atoms with Gasteiger partial charge in [0.15, 0.2) is 0 Å². The van der Waals surface area contributed by atoms with E-state index < -0.39 is 11.8 Å². The van der Waals surface area contributed by atoms with Crippen molar-refractivity contribution in [3.8, 4) is 0 Å². The molecular formula is C13H17FN2O3. The van der Waals surface area contributed by atoms with Crippen LogP contribution in [0.5, 0.6) is 0 Å². The Morgan fingerprint density at radius 2 is 2.11 bits per heavy atom. The molecule has 104 valence electrons. The fourth-order valence-electron chi connectivity index (χ4n) is 1.41. The van der Waals surface area contributed by atoms with Gasteiger partial charge in [-0.3, -0.25) is 4.79 Å². The Hall–Kier alpha value is -2.11. The number of hydrogen-bond acceptors (Lipinski definition) is 4. The summed E-state index contributed by atoms with van der Waals surface area (Å²) in [4.78, 5) is 22.8. The van der Waals surface area contributed by atoms with Gasteiger partial charge < -0.3 is 15.8 Å². The number of nitrogen functional groups attached to an aromatic ring is 1. The molecule has 19 heavy (non-hydrogen) atoms. The maximum Gasteiger partial charge on any atom is 0.341 e. The lowest BCUT2D eigenvalue weighted by Gasteiger charge is -2.09. The van der Waals surface area contributed by atoms with Crippen LogP contribution in [-0.2, 0) is 9.53 Å². The smallest absolute Gasteiger partial charge is 0.341 e. The van der Waals surface area contributed by atoms with Crippen molar-refractivity contribution in [2.75, 3.05) is 12.3 Å². The fourth-order valence-corrected chi connectivity index (χ4v) is 1.41. The molecule has 0 radical (unpaired) electrons. The van der Waals surface area contributed by atoms with Gasteiger partial charge in [-0.2, -0.15) is 0 Å². The summed E-state index contributed by atoms with van der Waals surface area (Å²) in [7, 11) is 0. The highest BCUT2D eigenvalue weighted by atomic mass is 19.1. The van der Waals surface area contributed by atoms with Crippen molar-refractivity contribution < 1.29 is 18.7 Å². The minimum absolute atomic E-state index is 0.0257. The fraction of sp³-hybridized carbons (Fsp3) is 0.385. The van der Waals surface area contributed by atoms with Crippen molar-refractivity contribution in [3.63, 3.8) is 0 Å². The highest BCUT2D eigenvalue weighted by Gasteiger charge is 2.14. The third-order valence-corrected chi connectivity index (χ3v) is 2.22. The van der Waals surface area contributed by atoms with Crippen LogP contribution in [0.15, 0.2) is 18.2 Å². The van der Waals surface area contributed by atoms with Crippen LogP contribution in [0.2, 0.25) is 0 Å². The van der Waals surface area contributed by atoms with E-state index in [4.69, 9.17) is 10.5 Å². The van der Waals surface area contributed by atoms with Gasteiger partial charge in [0, 0.05) is 11.7 Å². The molecule has 0 saturated carbocycles. The maximum absolute atomic E-state index is 13.4. The number of nitrogens with two attached hydrogens (primary N) is 1. The van der Waals surface area contributed by atoms with Crippen LogP contribution in [0.4, 0.5) is 10.1 Å². The second kappa shape index (κ2) is 6.72. The summed E-state index contributed by atoms with van der Waals surface area (Å²) in [5, 5.41) is 2.65. The molecular weight excluding hydrogens is 251 g/mol. The summed E-state index contributed by atoms with van der Waals surface area (Å²) in [6, 6.07) is 3.73. The van der Waals surface area contributed by atoms with E-state index in [1.165, 1.54) is 12.1 Å². The molecule has 1 aromatic carbocycles. The summed E-state index contributed by atoms with van der Waals surface area (Å²) in [6.07, 6.45) is 0.0422.